The largest absolute Gasteiger partial charge is 0.481 e. The fourth-order valence-corrected chi connectivity index (χ4v) is 5.18. The van der Waals surface area contributed by atoms with E-state index in [2.05, 4.69) is 6.92 Å². The van der Waals surface area contributed by atoms with Crippen LogP contribution in [0, 0.1) is 0 Å². The van der Waals surface area contributed by atoms with E-state index in [1.54, 1.807) is 0 Å². The molecule has 1 unspecified atom stereocenters. The Kier molecular flexibility index (Phi) is 29.2. The van der Waals surface area contributed by atoms with Crippen LogP contribution in [-0.4, -0.2) is 22.3 Å². The third kappa shape index (κ3) is 31.4. The van der Waals surface area contributed by atoms with E-state index >= 15 is 0 Å². The highest BCUT2D eigenvalue weighted by molar-refractivity contribution is 5.67. The molecule has 0 aliphatic heterocycles. The molecular weight excluding hydrogens is 432 g/mol. The SMILES string of the molecule is CCCCCCCCCCCCCCCCCCCCCCCCCCCCCC(O)CC(=O)O. The van der Waals surface area contributed by atoms with Gasteiger partial charge in [0.2, 0.25) is 0 Å². The molecule has 3 nitrogen and oxygen atoms in total. The molecule has 0 amide bonds. The van der Waals surface area contributed by atoms with E-state index in [0.717, 1.165) is 12.8 Å². The Bertz CT molecular complexity index is 410. The molecule has 0 fully saturated rings. The number of carboxylic acids is 1. The number of carbonyl (C=O) groups is 1. The van der Waals surface area contributed by atoms with Gasteiger partial charge in [0.15, 0.2) is 0 Å². The van der Waals surface area contributed by atoms with E-state index in [4.69, 9.17) is 5.11 Å². The molecule has 0 aromatic carbocycles. The van der Waals surface area contributed by atoms with E-state index in [1.165, 1.54) is 161 Å². The topological polar surface area (TPSA) is 57.5 Å². The van der Waals surface area contributed by atoms with Gasteiger partial charge in [-0.3, -0.25) is 4.79 Å². The van der Waals surface area contributed by atoms with Gasteiger partial charge < -0.3 is 10.2 Å². The first-order valence-corrected chi connectivity index (χ1v) is 16.1. The summed E-state index contributed by atoms with van der Waals surface area (Å²) in [7, 11) is 0. The number of hydrogen-bond donors (Lipinski definition) is 2. The third-order valence-corrected chi connectivity index (χ3v) is 7.55. The molecule has 0 saturated heterocycles. The third-order valence-electron chi connectivity index (χ3n) is 7.55. The van der Waals surface area contributed by atoms with E-state index in [1.807, 2.05) is 0 Å². The zero-order valence-electron chi connectivity index (χ0n) is 23.9. The smallest absolute Gasteiger partial charge is 0.305 e. The normalized spacial score (nSPS) is 12.3. The van der Waals surface area contributed by atoms with Crippen molar-refractivity contribution < 1.29 is 15.0 Å². The molecule has 0 saturated carbocycles. The first-order valence-electron chi connectivity index (χ1n) is 16.1. The van der Waals surface area contributed by atoms with E-state index in [0.29, 0.717) is 6.42 Å². The summed E-state index contributed by atoms with van der Waals surface area (Å²) < 4.78 is 0. The van der Waals surface area contributed by atoms with Gasteiger partial charge in [-0.15, -0.1) is 0 Å². The molecular formula is C32H64O3. The summed E-state index contributed by atoms with van der Waals surface area (Å²) >= 11 is 0. The molecule has 2 N–H and O–H groups in total. The number of hydrogen-bond acceptors (Lipinski definition) is 2. The first kappa shape index (κ1) is 34.4. The van der Waals surface area contributed by atoms with Crippen molar-refractivity contribution in [2.75, 3.05) is 0 Å². The van der Waals surface area contributed by atoms with Crippen LogP contribution < -0.4 is 0 Å². The van der Waals surface area contributed by atoms with Crippen LogP contribution in [0.5, 0.6) is 0 Å². The highest BCUT2D eigenvalue weighted by atomic mass is 16.4. The van der Waals surface area contributed by atoms with Crippen LogP contribution in [0.2, 0.25) is 0 Å². The Labute approximate surface area is 220 Å². The number of aliphatic hydroxyl groups is 1. The molecule has 0 spiro atoms. The lowest BCUT2D eigenvalue weighted by Gasteiger charge is -2.07. The lowest BCUT2D eigenvalue weighted by molar-refractivity contribution is -0.139. The molecule has 0 aliphatic carbocycles. The van der Waals surface area contributed by atoms with Crippen molar-refractivity contribution in [3.05, 3.63) is 0 Å². The van der Waals surface area contributed by atoms with Gasteiger partial charge in [0, 0.05) is 0 Å². The lowest BCUT2D eigenvalue weighted by atomic mass is 10.0. The summed E-state index contributed by atoms with van der Waals surface area (Å²) in [6, 6.07) is 0. The maximum Gasteiger partial charge on any atom is 0.305 e. The van der Waals surface area contributed by atoms with E-state index in [9.17, 15) is 9.90 Å². The predicted octanol–water partition coefficient (Wildman–Crippen LogP) is 10.8. The quantitative estimate of drug-likeness (QED) is 0.0972. The molecule has 0 aliphatic rings. The molecule has 1 atom stereocenters. The Balaban J connectivity index is 3.06. The van der Waals surface area contributed by atoms with Gasteiger partial charge in [-0.2, -0.15) is 0 Å². The van der Waals surface area contributed by atoms with Crippen molar-refractivity contribution in [2.24, 2.45) is 0 Å². The molecule has 0 heterocycles. The monoisotopic (exact) mass is 496 g/mol. The molecule has 0 aromatic rings. The zero-order chi connectivity index (χ0) is 25.7. The second-order valence-electron chi connectivity index (χ2n) is 11.2. The molecule has 0 rings (SSSR count). The summed E-state index contributed by atoms with van der Waals surface area (Å²) in [6.07, 6.45) is 37.4. The predicted molar refractivity (Wildman–Crippen MR) is 153 cm³/mol. The van der Waals surface area contributed by atoms with Crippen LogP contribution in [0.4, 0.5) is 0 Å². The van der Waals surface area contributed by atoms with Crippen LogP contribution in [0.25, 0.3) is 0 Å². The molecule has 3 heteroatoms. The minimum atomic E-state index is -0.900. The molecule has 0 bridgehead atoms. The van der Waals surface area contributed by atoms with Crippen molar-refractivity contribution in [3.63, 3.8) is 0 Å². The van der Waals surface area contributed by atoms with Crippen molar-refractivity contribution >= 4 is 5.97 Å². The van der Waals surface area contributed by atoms with Crippen molar-refractivity contribution in [3.8, 4) is 0 Å². The minimum absolute atomic E-state index is 0.112. The van der Waals surface area contributed by atoms with Gasteiger partial charge in [-0.1, -0.05) is 180 Å². The second-order valence-corrected chi connectivity index (χ2v) is 11.2. The summed E-state index contributed by atoms with van der Waals surface area (Å²) in [5.74, 6) is -0.900. The van der Waals surface area contributed by atoms with Crippen LogP contribution in [0.3, 0.4) is 0 Å². The number of carboxylic acid groups (broad SMARTS) is 1. The summed E-state index contributed by atoms with van der Waals surface area (Å²) in [4.78, 5) is 10.5. The number of aliphatic hydroxyl groups excluding tert-OH is 1. The fourth-order valence-electron chi connectivity index (χ4n) is 5.18. The molecule has 210 valence electrons. The summed E-state index contributed by atoms with van der Waals surface area (Å²) in [6.45, 7) is 2.29. The van der Waals surface area contributed by atoms with Crippen LogP contribution in [0.1, 0.15) is 193 Å². The van der Waals surface area contributed by atoms with Crippen molar-refractivity contribution in [2.45, 2.75) is 199 Å². The van der Waals surface area contributed by atoms with Gasteiger partial charge >= 0.3 is 5.97 Å². The van der Waals surface area contributed by atoms with E-state index < -0.39 is 12.1 Å². The highest BCUT2D eigenvalue weighted by Crippen LogP contribution is 2.16. The Morgan fingerprint density at radius 3 is 0.914 bits per heavy atom. The van der Waals surface area contributed by atoms with E-state index in [-0.39, 0.29) is 6.42 Å². The van der Waals surface area contributed by atoms with Gasteiger partial charge in [-0.05, 0) is 6.42 Å². The Morgan fingerprint density at radius 2 is 0.686 bits per heavy atom. The zero-order valence-corrected chi connectivity index (χ0v) is 23.9. The first-order chi connectivity index (χ1) is 17.2. The summed E-state index contributed by atoms with van der Waals surface area (Å²) in [5, 5.41) is 18.2. The number of rotatable bonds is 30. The van der Waals surface area contributed by atoms with Gasteiger partial charge in [0.05, 0.1) is 12.5 Å². The fraction of sp³-hybridized carbons (Fsp3) is 0.969. The number of unbranched alkanes of at least 4 members (excludes halogenated alkanes) is 26. The van der Waals surface area contributed by atoms with Crippen LogP contribution in [0.15, 0.2) is 0 Å². The maximum atomic E-state index is 10.5. The van der Waals surface area contributed by atoms with Crippen LogP contribution in [-0.2, 0) is 4.79 Å². The maximum absolute atomic E-state index is 10.5. The Morgan fingerprint density at radius 1 is 0.457 bits per heavy atom. The Hall–Kier alpha value is -0.570. The average molecular weight is 497 g/mol. The molecule has 0 aromatic heterocycles. The van der Waals surface area contributed by atoms with Gasteiger partial charge in [0.25, 0.3) is 0 Å². The van der Waals surface area contributed by atoms with Gasteiger partial charge in [0.1, 0.15) is 0 Å². The molecule has 35 heavy (non-hydrogen) atoms. The highest BCUT2D eigenvalue weighted by Gasteiger charge is 2.08. The minimum Gasteiger partial charge on any atom is -0.481 e. The second kappa shape index (κ2) is 29.7. The standard InChI is InChI=1S/C32H64O3/c1-2-3-4-5-6-7-8-9-10-11-12-13-14-15-16-17-18-19-20-21-22-23-24-25-26-27-28-29-31(33)30-32(34)35/h31,33H,2-30H2,1H3,(H,34,35). The lowest BCUT2D eigenvalue weighted by Crippen LogP contribution is -2.12. The molecule has 0 radical (unpaired) electrons. The van der Waals surface area contributed by atoms with Crippen molar-refractivity contribution in [1.82, 2.24) is 0 Å². The van der Waals surface area contributed by atoms with Crippen LogP contribution >= 0.6 is 0 Å². The van der Waals surface area contributed by atoms with Gasteiger partial charge in [-0.25, -0.2) is 0 Å². The van der Waals surface area contributed by atoms with Crippen molar-refractivity contribution in [1.29, 1.82) is 0 Å². The number of aliphatic carboxylic acids is 1. The summed E-state index contributed by atoms with van der Waals surface area (Å²) in [5.41, 5.74) is 0. The average Bonchev–Trinajstić information content (AvgIpc) is 2.83.